The summed E-state index contributed by atoms with van der Waals surface area (Å²) >= 11 is 0. The van der Waals surface area contributed by atoms with E-state index in [1.165, 1.54) is 26.5 Å². The molecule has 0 unspecified atom stereocenters. The maximum absolute atomic E-state index is 14.7. The average molecular weight is 415 g/mol. The molecule has 0 atom stereocenters. The highest BCUT2D eigenvalue weighted by molar-refractivity contribution is 6.16. The predicted molar refractivity (Wildman–Crippen MR) is 113 cm³/mol. The van der Waals surface area contributed by atoms with E-state index in [4.69, 9.17) is 19.0 Å². The molecule has 0 aliphatic rings. The van der Waals surface area contributed by atoms with E-state index < -0.39 is 11.8 Å². The fraction of sp³-hybridized carbons (Fsp3) is 0.304. The summed E-state index contributed by atoms with van der Waals surface area (Å²) in [6.07, 6.45) is 3.91. The quantitative estimate of drug-likeness (QED) is 0.184. The van der Waals surface area contributed by atoms with Gasteiger partial charge in [-0.25, -0.2) is 9.18 Å². The van der Waals surface area contributed by atoms with Crippen molar-refractivity contribution in [2.45, 2.75) is 26.9 Å². The third-order valence-corrected chi connectivity index (χ3v) is 4.20. The van der Waals surface area contributed by atoms with Gasteiger partial charge in [0.15, 0.2) is 17.3 Å². The van der Waals surface area contributed by atoms with E-state index >= 15 is 0 Å². The van der Waals surface area contributed by atoms with Crippen LogP contribution >= 0.6 is 0 Å². The highest BCUT2D eigenvalue weighted by Crippen LogP contribution is 2.33. The summed E-state index contributed by atoms with van der Waals surface area (Å²) in [4.78, 5) is 17.1. The summed E-state index contributed by atoms with van der Waals surface area (Å²) in [6, 6.07) is 10.1. The number of methoxy groups -OCH3 is 2. The van der Waals surface area contributed by atoms with Crippen LogP contribution in [-0.2, 0) is 21.0 Å². The molecule has 7 heteroatoms. The minimum atomic E-state index is -0.594. The molecular formula is C23H26FNO5. The Balaban J connectivity index is 2.26. The lowest BCUT2D eigenvalue weighted by Gasteiger charge is -2.15. The van der Waals surface area contributed by atoms with Crippen LogP contribution < -0.4 is 9.47 Å². The van der Waals surface area contributed by atoms with Gasteiger partial charge in [0, 0.05) is 5.56 Å². The first kappa shape index (κ1) is 22.9. The number of carbonyl (C=O) groups is 1. The van der Waals surface area contributed by atoms with Crippen molar-refractivity contribution in [2.24, 2.45) is 5.16 Å². The van der Waals surface area contributed by atoms with Crippen molar-refractivity contribution in [3.63, 3.8) is 0 Å². The Bertz CT molecular complexity index is 924. The average Bonchev–Trinajstić information content (AvgIpc) is 2.76. The van der Waals surface area contributed by atoms with Crippen molar-refractivity contribution >= 4 is 17.8 Å². The van der Waals surface area contributed by atoms with Crippen molar-refractivity contribution in [2.75, 3.05) is 20.8 Å². The van der Waals surface area contributed by atoms with Gasteiger partial charge >= 0.3 is 5.97 Å². The van der Waals surface area contributed by atoms with E-state index in [1.807, 2.05) is 13.0 Å². The first-order valence-corrected chi connectivity index (χ1v) is 9.54. The number of nitrogens with zero attached hydrogens (tertiary/aromatic N) is 1. The molecule has 0 bridgehead atoms. The number of allylic oxidation sites excluding steroid dienone is 1. The summed E-state index contributed by atoms with van der Waals surface area (Å²) in [7, 11) is 2.75. The zero-order chi connectivity index (χ0) is 21.9. The lowest BCUT2D eigenvalue weighted by molar-refractivity contribution is -0.133. The number of oxime groups is 1. The van der Waals surface area contributed by atoms with Gasteiger partial charge in [-0.15, -0.1) is 0 Å². The molecule has 0 heterocycles. The monoisotopic (exact) mass is 415 g/mol. The maximum atomic E-state index is 14.7. The molecule has 160 valence electrons. The summed E-state index contributed by atoms with van der Waals surface area (Å²) in [5.74, 6) is -0.853. The fourth-order valence-corrected chi connectivity index (χ4v) is 2.75. The summed E-state index contributed by atoms with van der Waals surface area (Å²) < 4.78 is 30.6. The molecule has 0 fully saturated rings. The lowest BCUT2D eigenvalue weighted by atomic mass is 10.00. The first-order chi connectivity index (χ1) is 14.5. The number of carbonyl (C=O) groups excluding carboxylic acids is 1. The number of benzene rings is 2. The molecule has 30 heavy (non-hydrogen) atoms. The van der Waals surface area contributed by atoms with Crippen LogP contribution in [0.3, 0.4) is 0 Å². The van der Waals surface area contributed by atoms with Gasteiger partial charge in [0.05, 0.1) is 26.0 Å². The van der Waals surface area contributed by atoms with Gasteiger partial charge in [-0.05, 0) is 36.6 Å². The number of hydrogen-bond acceptors (Lipinski definition) is 6. The topological polar surface area (TPSA) is 66.4 Å². The molecule has 0 aliphatic heterocycles. The molecular weight excluding hydrogens is 389 g/mol. The Morgan fingerprint density at radius 1 is 1.20 bits per heavy atom. The Kier molecular flexibility index (Phi) is 8.87. The van der Waals surface area contributed by atoms with Gasteiger partial charge in [-0.3, -0.25) is 0 Å². The molecule has 0 saturated carbocycles. The van der Waals surface area contributed by atoms with Crippen LogP contribution in [-0.4, -0.2) is 33.0 Å². The number of hydrogen-bond donors (Lipinski definition) is 0. The van der Waals surface area contributed by atoms with Gasteiger partial charge in [-0.1, -0.05) is 42.4 Å². The van der Waals surface area contributed by atoms with E-state index in [0.29, 0.717) is 28.9 Å². The van der Waals surface area contributed by atoms with Crippen LogP contribution in [0.4, 0.5) is 4.39 Å². The molecule has 0 saturated heterocycles. The summed E-state index contributed by atoms with van der Waals surface area (Å²) in [5.41, 5.74) is 2.25. The molecule has 6 nitrogen and oxygen atoms in total. The molecule has 2 rings (SSSR count). The second-order valence-corrected chi connectivity index (χ2v) is 6.24. The van der Waals surface area contributed by atoms with Crippen molar-refractivity contribution in [1.82, 2.24) is 0 Å². The Hall–Kier alpha value is -3.35. The number of ether oxygens (including phenoxy) is 3. The van der Waals surface area contributed by atoms with E-state index in [-0.39, 0.29) is 18.1 Å². The molecule has 0 aliphatic carbocycles. The molecule has 0 N–H and O–H groups in total. The standard InChI is InChI=1S/C23H26FNO5/c1-5-11-30-25-14-16-12-20(24)22(21(13-16)27-3)29-15-17-9-7-8-10-19(17)18(6-2)23(26)28-4/h6-10,12-14H,5,11,15H2,1-4H3. The lowest BCUT2D eigenvalue weighted by Crippen LogP contribution is -2.08. The highest BCUT2D eigenvalue weighted by Gasteiger charge is 2.17. The van der Waals surface area contributed by atoms with Crippen LogP contribution in [0.1, 0.15) is 37.0 Å². The number of rotatable bonds is 10. The molecule has 2 aromatic carbocycles. The molecule has 0 radical (unpaired) electrons. The van der Waals surface area contributed by atoms with Crippen LogP contribution in [0.5, 0.6) is 11.5 Å². The number of esters is 1. The molecule has 2 aromatic rings. The van der Waals surface area contributed by atoms with Gasteiger partial charge in [0.1, 0.15) is 13.2 Å². The van der Waals surface area contributed by atoms with E-state index in [9.17, 15) is 9.18 Å². The second kappa shape index (κ2) is 11.6. The number of halogens is 1. The van der Waals surface area contributed by atoms with Crippen LogP contribution in [0, 0.1) is 5.82 Å². The fourth-order valence-electron chi connectivity index (χ4n) is 2.75. The molecule has 0 amide bonds. The zero-order valence-electron chi connectivity index (χ0n) is 17.6. The van der Waals surface area contributed by atoms with Crippen molar-refractivity contribution in [3.8, 4) is 11.5 Å². The van der Waals surface area contributed by atoms with E-state index in [0.717, 1.165) is 6.42 Å². The van der Waals surface area contributed by atoms with Crippen molar-refractivity contribution in [1.29, 1.82) is 0 Å². The van der Waals surface area contributed by atoms with Crippen LogP contribution in [0.2, 0.25) is 0 Å². The molecule has 0 aromatic heterocycles. The largest absolute Gasteiger partial charge is 0.493 e. The van der Waals surface area contributed by atoms with E-state index in [1.54, 1.807) is 37.3 Å². The van der Waals surface area contributed by atoms with Crippen LogP contribution in [0.25, 0.3) is 5.57 Å². The predicted octanol–water partition coefficient (Wildman–Crippen LogP) is 4.75. The first-order valence-electron chi connectivity index (χ1n) is 9.54. The SMILES string of the molecule is CC=C(C(=O)OC)c1ccccc1COc1c(F)cc(C=NOCCC)cc1OC. The normalized spacial score (nSPS) is 11.4. The highest BCUT2D eigenvalue weighted by atomic mass is 19.1. The van der Waals surface area contributed by atoms with Crippen molar-refractivity contribution in [3.05, 3.63) is 65.0 Å². The minimum Gasteiger partial charge on any atom is -0.493 e. The third kappa shape index (κ3) is 5.83. The second-order valence-electron chi connectivity index (χ2n) is 6.24. The smallest absolute Gasteiger partial charge is 0.338 e. The van der Waals surface area contributed by atoms with Crippen LogP contribution in [0.15, 0.2) is 47.6 Å². The minimum absolute atomic E-state index is 0.0287. The maximum Gasteiger partial charge on any atom is 0.338 e. The van der Waals surface area contributed by atoms with Gasteiger partial charge in [0.25, 0.3) is 0 Å². The van der Waals surface area contributed by atoms with Crippen molar-refractivity contribution < 1.29 is 28.2 Å². The Labute approximate surface area is 175 Å². The Morgan fingerprint density at radius 2 is 1.97 bits per heavy atom. The van der Waals surface area contributed by atoms with Gasteiger partial charge < -0.3 is 19.0 Å². The zero-order valence-corrected chi connectivity index (χ0v) is 17.6. The van der Waals surface area contributed by atoms with E-state index in [2.05, 4.69) is 5.16 Å². The van der Waals surface area contributed by atoms with Gasteiger partial charge in [0.2, 0.25) is 0 Å². The summed E-state index contributed by atoms with van der Waals surface area (Å²) in [5, 5.41) is 3.80. The molecule has 0 spiro atoms. The third-order valence-electron chi connectivity index (χ3n) is 4.20. The Morgan fingerprint density at radius 3 is 2.63 bits per heavy atom. The summed E-state index contributed by atoms with van der Waals surface area (Å²) in [6.45, 7) is 4.23. The van der Waals surface area contributed by atoms with Gasteiger partial charge in [-0.2, -0.15) is 0 Å².